The van der Waals surface area contributed by atoms with Gasteiger partial charge in [0.15, 0.2) is 11.3 Å². The van der Waals surface area contributed by atoms with E-state index < -0.39 is 5.97 Å². The van der Waals surface area contributed by atoms with Crippen molar-refractivity contribution in [2.24, 2.45) is 0 Å². The van der Waals surface area contributed by atoms with Crippen molar-refractivity contribution in [2.75, 3.05) is 18.0 Å². The average Bonchev–Trinajstić information content (AvgIpc) is 2.93. The molecule has 0 bridgehead atoms. The Hall–Kier alpha value is -2.15. The molecule has 0 aromatic carbocycles. The zero-order chi connectivity index (χ0) is 12.7. The second kappa shape index (κ2) is 3.95. The molecule has 0 unspecified atom stereocenters. The lowest BCUT2D eigenvalue weighted by Crippen LogP contribution is -2.22. The zero-order valence-electron chi connectivity index (χ0n) is 9.52. The summed E-state index contributed by atoms with van der Waals surface area (Å²) in [5.41, 5.74) is 0.465. The number of carboxylic acid groups (broad SMARTS) is 1. The van der Waals surface area contributed by atoms with Gasteiger partial charge in [-0.2, -0.15) is 5.10 Å². The monoisotopic (exact) mass is 248 g/mol. The van der Waals surface area contributed by atoms with Crippen molar-refractivity contribution in [3.8, 4) is 0 Å². The molecule has 1 atom stereocenters. The first kappa shape index (κ1) is 11.0. The highest BCUT2D eigenvalue weighted by atomic mass is 16.4. The van der Waals surface area contributed by atoms with E-state index in [1.165, 1.54) is 10.6 Å². The number of β-amino-alcohol motifs (C(OH)–C–C–N with tert-alkyl or cyclic N) is 1. The number of aromatic nitrogens is 3. The number of aromatic carboxylic acids is 1. The maximum atomic E-state index is 10.8. The predicted molar refractivity (Wildman–Crippen MR) is 62.8 cm³/mol. The molecule has 1 aliphatic heterocycles. The highest BCUT2D eigenvalue weighted by Gasteiger charge is 2.21. The van der Waals surface area contributed by atoms with Gasteiger partial charge in [-0.15, -0.1) is 0 Å². The van der Waals surface area contributed by atoms with Gasteiger partial charge in [0.25, 0.3) is 0 Å². The molecule has 1 fully saturated rings. The average molecular weight is 248 g/mol. The molecule has 1 aliphatic rings. The number of fused-ring (bicyclic) bond motifs is 1. The quantitative estimate of drug-likeness (QED) is 0.777. The summed E-state index contributed by atoms with van der Waals surface area (Å²) in [5.74, 6) is -0.338. The van der Waals surface area contributed by atoms with Gasteiger partial charge in [0.05, 0.1) is 6.10 Å². The fraction of sp³-hybridized carbons (Fsp3) is 0.364. The number of aliphatic hydroxyl groups is 1. The van der Waals surface area contributed by atoms with E-state index in [0.717, 1.165) is 18.8 Å². The molecular formula is C11H12N4O3. The topological polar surface area (TPSA) is 91.0 Å². The van der Waals surface area contributed by atoms with Gasteiger partial charge >= 0.3 is 5.97 Å². The lowest BCUT2D eigenvalue weighted by molar-refractivity contribution is 0.0690. The summed E-state index contributed by atoms with van der Waals surface area (Å²) in [6, 6.07) is 3.20. The molecule has 3 heterocycles. The van der Waals surface area contributed by atoms with Gasteiger partial charge in [-0.1, -0.05) is 0 Å². The van der Waals surface area contributed by atoms with Crippen molar-refractivity contribution < 1.29 is 15.0 Å². The molecule has 0 spiro atoms. The van der Waals surface area contributed by atoms with Gasteiger partial charge in [0.1, 0.15) is 5.82 Å². The molecule has 0 aliphatic carbocycles. The lowest BCUT2D eigenvalue weighted by atomic mass is 10.3. The Kier molecular flexibility index (Phi) is 2.41. The SMILES string of the molecule is O=C(O)c1cc2nc(N3CC[C@@H](O)C3)ccn2n1. The lowest BCUT2D eigenvalue weighted by Gasteiger charge is -2.16. The number of carbonyl (C=O) groups is 1. The van der Waals surface area contributed by atoms with Crippen LogP contribution in [0.15, 0.2) is 18.3 Å². The van der Waals surface area contributed by atoms with Gasteiger partial charge in [-0.25, -0.2) is 14.3 Å². The molecule has 2 aromatic rings. The number of nitrogens with zero attached hydrogens (tertiary/aromatic N) is 4. The van der Waals surface area contributed by atoms with E-state index in [0.29, 0.717) is 12.2 Å². The summed E-state index contributed by atoms with van der Waals surface area (Å²) in [5, 5.41) is 22.2. The van der Waals surface area contributed by atoms with Crippen molar-refractivity contribution in [1.82, 2.24) is 14.6 Å². The van der Waals surface area contributed by atoms with Crippen molar-refractivity contribution >= 4 is 17.4 Å². The summed E-state index contributed by atoms with van der Waals surface area (Å²) < 4.78 is 1.43. The summed E-state index contributed by atoms with van der Waals surface area (Å²) in [7, 11) is 0. The molecule has 18 heavy (non-hydrogen) atoms. The van der Waals surface area contributed by atoms with E-state index in [1.54, 1.807) is 12.3 Å². The van der Waals surface area contributed by atoms with Gasteiger partial charge in [0.2, 0.25) is 0 Å². The number of hydrogen-bond acceptors (Lipinski definition) is 5. The molecule has 7 heteroatoms. The van der Waals surface area contributed by atoms with Crippen molar-refractivity contribution in [1.29, 1.82) is 0 Å². The Labute approximate surface area is 102 Å². The normalized spacial score (nSPS) is 19.6. The van der Waals surface area contributed by atoms with Crippen LogP contribution in [0.4, 0.5) is 5.82 Å². The van der Waals surface area contributed by atoms with Crippen LogP contribution >= 0.6 is 0 Å². The highest BCUT2D eigenvalue weighted by Crippen LogP contribution is 2.18. The Bertz CT molecular complexity index is 609. The van der Waals surface area contributed by atoms with Gasteiger partial charge in [-0.05, 0) is 12.5 Å². The van der Waals surface area contributed by atoms with Crippen molar-refractivity contribution in [2.45, 2.75) is 12.5 Å². The van der Waals surface area contributed by atoms with Crippen LogP contribution in [0.5, 0.6) is 0 Å². The standard InChI is InChI=1S/C11H12N4O3/c16-7-1-3-14(6-7)9-2-4-15-10(12-9)5-8(13-15)11(17)18/h2,4-5,7,16H,1,3,6H2,(H,17,18)/t7-/m1/s1. The van der Waals surface area contributed by atoms with E-state index >= 15 is 0 Å². The first-order valence-electron chi connectivity index (χ1n) is 5.66. The molecule has 94 valence electrons. The molecule has 0 saturated carbocycles. The molecule has 0 amide bonds. The van der Waals surface area contributed by atoms with E-state index in [-0.39, 0.29) is 11.8 Å². The fourth-order valence-electron chi connectivity index (χ4n) is 2.10. The first-order chi connectivity index (χ1) is 8.63. The summed E-state index contributed by atoms with van der Waals surface area (Å²) in [6.45, 7) is 1.31. The largest absolute Gasteiger partial charge is 0.476 e. The van der Waals surface area contributed by atoms with Gasteiger partial charge < -0.3 is 15.1 Å². The van der Waals surface area contributed by atoms with Crippen LogP contribution < -0.4 is 4.90 Å². The van der Waals surface area contributed by atoms with Gasteiger partial charge in [-0.3, -0.25) is 0 Å². The molecule has 2 aromatic heterocycles. The summed E-state index contributed by atoms with van der Waals surface area (Å²) in [4.78, 5) is 17.1. The number of aliphatic hydroxyl groups excluding tert-OH is 1. The smallest absolute Gasteiger partial charge is 0.356 e. The predicted octanol–water partition coefficient (Wildman–Crippen LogP) is -0.00150. The third-order valence-corrected chi connectivity index (χ3v) is 3.02. The molecule has 0 radical (unpaired) electrons. The zero-order valence-corrected chi connectivity index (χ0v) is 9.52. The molecule has 2 N–H and O–H groups in total. The van der Waals surface area contributed by atoms with Crippen molar-refractivity contribution in [3.63, 3.8) is 0 Å². The Balaban J connectivity index is 1.97. The second-order valence-corrected chi connectivity index (χ2v) is 4.31. The first-order valence-corrected chi connectivity index (χ1v) is 5.66. The molecular weight excluding hydrogens is 236 g/mol. The van der Waals surface area contributed by atoms with E-state index in [2.05, 4.69) is 10.1 Å². The van der Waals surface area contributed by atoms with Crippen LogP contribution in [-0.4, -0.2) is 50.0 Å². The van der Waals surface area contributed by atoms with Crippen LogP contribution in [-0.2, 0) is 0 Å². The third-order valence-electron chi connectivity index (χ3n) is 3.02. The second-order valence-electron chi connectivity index (χ2n) is 4.31. The van der Waals surface area contributed by atoms with E-state index in [9.17, 15) is 9.90 Å². The number of hydrogen-bond donors (Lipinski definition) is 2. The minimum absolute atomic E-state index is 0.0268. The third kappa shape index (κ3) is 1.78. The van der Waals surface area contributed by atoms with Crippen LogP contribution in [0.3, 0.4) is 0 Å². The Morgan fingerprint density at radius 1 is 1.50 bits per heavy atom. The van der Waals surface area contributed by atoms with Crippen molar-refractivity contribution in [3.05, 3.63) is 24.0 Å². The maximum absolute atomic E-state index is 10.8. The van der Waals surface area contributed by atoms with Crippen LogP contribution in [0, 0.1) is 0 Å². The van der Waals surface area contributed by atoms with Crippen LogP contribution in [0.25, 0.3) is 5.65 Å². The highest BCUT2D eigenvalue weighted by molar-refractivity contribution is 5.86. The summed E-state index contributed by atoms with van der Waals surface area (Å²) in [6.07, 6.45) is 2.09. The molecule has 7 nitrogen and oxygen atoms in total. The van der Waals surface area contributed by atoms with Crippen LogP contribution in [0.2, 0.25) is 0 Å². The minimum Gasteiger partial charge on any atom is -0.476 e. The van der Waals surface area contributed by atoms with E-state index in [4.69, 9.17) is 5.11 Å². The number of carboxylic acids is 1. The maximum Gasteiger partial charge on any atom is 0.356 e. The Morgan fingerprint density at radius 3 is 3.00 bits per heavy atom. The Morgan fingerprint density at radius 2 is 2.33 bits per heavy atom. The fourth-order valence-corrected chi connectivity index (χ4v) is 2.10. The molecule has 3 rings (SSSR count). The molecule has 1 saturated heterocycles. The minimum atomic E-state index is -1.07. The number of rotatable bonds is 2. The van der Waals surface area contributed by atoms with Crippen LogP contribution in [0.1, 0.15) is 16.9 Å². The van der Waals surface area contributed by atoms with E-state index in [1.807, 2.05) is 4.90 Å². The number of anilines is 1. The summed E-state index contributed by atoms with van der Waals surface area (Å²) >= 11 is 0. The van der Waals surface area contributed by atoms with Gasteiger partial charge in [0, 0.05) is 25.4 Å².